The number of hydrogen-bond acceptors (Lipinski definition) is 5. The molecule has 3 heterocycles. The first-order valence-corrected chi connectivity index (χ1v) is 8.23. The molecule has 1 aliphatic rings. The van der Waals surface area contributed by atoms with Crippen LogP contribution >= 0.6 is 0 Å². The molecule has 8 heteroatoms. The van der Waals surface area contributed by atoms with Gasteiger partial charge in [-0.3, -0.25) is 9.30 Å². The Hall–Kier alpha value is -1.67. The minimum absolute atomic E-state index is 0.0447. The average Bonchev–Trinajstić information content (AvgIpc) is 2.92. The van der Waals surface area contributed by atoms with E-state index in [1.54, 1.807) is 18.3 Å². The van der Waals surface area contributed by atoms with Gasteiger partial charge in [0.05, 0.1) is 18.2 Å². The molecule has 1 saturated heterocycles. The highest BCUT2D eigenvalue weighted by molar-refractivity contribution is 7.91. The molecule has 1 aliphatic heterocycles. The molecule has 0 aliphatic carbocycles. The Kier molecular flexibility index (Phi) is 3.14. The van der Waals surface area contributed by atoms with Gasteiger partial charge < -0.3 is 0 Å². The molecule has 108 valence electrons. The fourth-order valence-electron chi connectivity index (χ4n) is 2.51. The topological polar surface area (TPSA) is 76.7 Å². The molecule has 0 unspecified atom stereocenters. The maximum absolute atomic E-state index is 12.1. The SMILES string of the molecule is CN(Cn1nc2ccccn2c1=O)[C@H]1CCS(=O)(=O)C1. The highest BCUT2D eigenvalue weighted by Gasteiger charge is 2.30. The van der Waals surface area contributed by atoms with Crippen LogP contribution in [0.5, 0.6) is 0 Å². The van der Waals surface area contributed by atoms with Gasteiger partial charge in [0.25, 0.3) is 0 Å². The minimum Gasteiger partial charge on any atom is -0.283 e. The van der Waals surface area contributed by atoms with Crippen LogP contribution in [0.1, 0.15) is 6.42 Å². The van der Waals surface area contributed by atoms with Crippen molar-refractivity contribution in [2.24, 2.45) is 0 Å². The van der Waals surface area contributed by atoms with Crippen LogP contribution in [0, 0.1) is 0 Å². The van der Waals surface area contributed by atoms with Crippen molar-refractivity contribution >= 4 is 15.5 Å². The summed E-state index contributed by atoms with van der Waals surface area (Å²) in [6.07, 6.45) is 2.28. The van der Waals surface area contributed by atoms with Gasteiger partial charge in [0.1, 0.15) is 0 Å². The van der Waals surface area contributed by atoms with Crippen molar-refractivity contribution in [2.45, 2.75) is 19.1 Å². The predicted molar refractivity (Wildman–Crippen MR) is 74.3 cm³/mol. The number of hydrogen-bond donors (Lipinski definition) is 0. The van der Waals surface area contributed by atoms with Crippen molar-refractivity contribution in [3.63, 3.8) is 0 Å². The summed E-state index contributed by atoms with van der Waals surface area (Å²) in [6.45, 7) is 0.292. The third-order valence-electron chi connectivity index (χ3n) is 3.68. The quantitative estimate of drug-likeness (QED) is 0.768. The van der Waals surface area contributed by atoms with Gasteiger partial charge in [0.2, 0.25) is 0 Å². The summed E-state index contributed by atoms with van der Waals surface area (Å²) in [5.41, 5.74) is 0.373. The van der Waals surface area contributed by atoms with Crippen molar-refractivity contribution in [1.29, 1.82) is 0 Å². The minimum atomic E-state index is -2.92. The Bertz CT molecular complexity index is 792. The predicted octanol–water partition coefficient (Wildman–Crippen LogP) is -0.428. The van der Waals surface area contributed by atoms with Crippen molar-refractivity contribution < 1.29 is 8.42 Å². The molecule has 0 aromatic carbocycles. The molecule has 1 fully saturated rings. The number of nitrogens with zero attached hydrogens (tertiary/aromatic N) is 4. The van der Waals surface area contributed by atoms with Crippen LogP contribution in [0.4, 0.5) is 0 Å². The van der Waals surface area contributed by atoms with E-state index in [1.807, 2.05) is 18.0 Å². The molecule has 2 aromatic heterocycles. The maximum atomic E-state index is 12.1. The summed E-state index contributed by atoms with van der Waals surface area (Å²) >= 11 is 0. The Morgan fingerprint density at radius 1 is 1.45 bits per heavy atom. The molecule has 1 atom stereocenters. The summed E-state index contributed by atoms with van der Waals surface area (Å²) in [4.78, 5) is 14.0. The number of fused-ring (bicyclic) bond motifs is 1. The van der Waals surface area contributed by atoms with Crippen LogP contribution in [0.15, 0.2) is 29.2 Å². The summed E-state index contributed by atoms with van der Waals surface area (Å²) in [6, 6.07) is 5.31. The van der Waals surface area contributed by atoms with Crippen molar-refractivity contribution in [3.8, 4) is 0 Å². The molecular weight excluding hydrogens is 280 g/mol. The Labute approximate surface area is 116 Å². The first kappa shape index (κ1) is 13.3. The summed E-state index contributed by atoms with van der Waals surface area (Å²) in [5.74, 6) is 0.383. The van der Waals surface area contributed by atoms with Gasteiger partial charge in [0.15, 0.2) is 15.5 Å². The third-order valence-corrected chi connectivity index (χ3v) is 5.43. The normalized spacial score (nSPS) is 21.8. The largest absolute Gasteiger partial charge is 0.351 e. The molecule has 0 spiro atoms. The second-order valence-corrected chi connectivity index (χ2v) is 7.39. The zero-order valence-corrected chi connectivity index (χ0v) is 12.0. The monoisotopic (exact) mass is 296 g/mol. The lowest BCUT2D eigenvalue weighted by Gasteiger charge is -2.21. The molecule has 7 nitrogen and oxygen atoms in total. The maximum Gasteiger partial charge on any atom is 0.351 e. The first-order chi connectivity index (χ1) is 9.46. The first-order valence-electron chi connectivity index (χ1n) is 6.41. The van der Waals surface area contributed by atoms with E-state index in [0.29, 0.717) is 18.7 Å². The van der Waals surface area contributed by atoms with E-state index in [-0.39, 0.29) is 23.2 Å². The third kappa shape index (κ3) is 2.36. The van der Waals surface area contributed by atoms with E-state index >= 15 is 0 Å². The van der Waals surface area contributed by atoms with Crippen LogP contribution < -0.4 is 5.69 Å². The van der Waals surface area contributed by atoms with Crippen LogP contribution in [-0.2, 0) is 16.5 Å². The zero-order valence-electron chi connectivity index (χ0n) is 11.1. The zero-order chi connectivity index (χ0) is 14.3. The molecule has 2 aromatic rings. The molecule has 20 heavy (non-hydrogen) atoms. The second kappa shape index (κ2) is 4.71. The van der Waals surface area contributed by atoms with Crippen LogP contribution in [0.25, 0.3) is 5.65 Å². The highest BCUT2D eigenvalue weighted by atomic mass is 32.2. The molecule has 0 saturated carbocycles. The molecule has 3 rings (SSSR count). The van der Waals surface area contributed by atoms with Gasteiger partial charge in [-0.15, -0.1) is 5.10 Å². The van der Waals surface area contributed by atoms with Crippen LogP contribution in [0.2, 0.25) is 0 Å². The highest BCUT2D eigenvalue weighted by Crippen LogP contribution is 2.16. The summed E-state index contributed by atoms with van der Waals surface area (Å²) in [7, 11) is -1.10. The van der Waals surface area contributed by atoms with E-state index in [1.165, 1.54) is 9.08 Å². The van der Waals surface area contributed by atoms with Crippen molar-refractivity contribution in [2.75, 3.05) is 18.6 Å². The standard InChI is InChI=1S/C12H16N4O3S/c1-14(10-5-7-20(18,19)8-10)9-16-12(17)15-6-3-2-4-11(15)13-16/h2-4,6,10H,5,7-9H2,1H3/t10-/m0/s1. The van der Waals surface area contributed by atoms with Gasteiger partial charge in [-0.1, -0.05) is 6.07 Å². The lowest BCUT2D eigenvalue weighted by molar-refractivity contribution is 0.195. The number of pyridine rings is 1. The van der Waals surface area contributed by atoms with E-state index < -0.39 is 9.84 Å². The lowest BCUT2D eigenvalue weighted by atomic mass is 10.2. The number of sulfone groups is 1. The van der Waals surface area contributed by atoms with Gasteiger partial charge in [-0.2, -0.15) is 4.68 Å². The number of rotatable bonds is 3. The Morgan fingerprint density at radius 3 is 2.90 bits per heavy atom. The van der Waals surface area contributed by atoms with Crippen LogP contribution in [-0.4, -0.2) is 52.1 Å². The van der Waals surface area contributed by atoms with Crippen LogP contribution in [0.3, 0.4) is 0 Å². The molecular formula is C12H16N4O3S. The van der Waals surface area contributed by atoms with Gasteiger partial charge in [0, 0.05) is 12.2 Å². The summed E-state index contributed by atoms with van der Waals surface area (Å²) < 4.78 is 25.8. The second-order valence-electron chi connectivity index (χ2n) is 5.17. The smallest absolute Gasteiger partial charge is 0.283 e. The van der Waals surface area contributed by atoms with Crippen molar-refractivity contribution in [1.82, 2.24) is 19.1 Å². The molecule has 0 N–H and O–H groups in total. The molecule has 0 amide bonds. The van der Waals surface area contributed by atoms with E-state index in [4.69, 9.17) is 0 Å². The summed E-state index contributed by atoms with van der Waals surface area (Å²) in [5, 5.41) is 4.24. The van der Waals surface area contributed by atoms with Gasteiger partial charge >= 0.3 is 5.69 Å². The fourth-order valence-corrected chi connectivity index (χ4v) is 4.32. The average molecular weight is 296 g/mol. The van der Waals surface area contributed by atoms with Gasteiger partial charge in [-0.05, 0) is 25.6 Å². The van der Waals surface area contributed by atoms with Gasteiger partial charge in [-0.25, -0.2) is 13.2 Å². The lowest BCUT2D eigenvalue weighted by Crippen LogP contribution is -2.37. The van der Waals surface area contributed by atoms with E-state index in [9.17, 15) is 13.2 Å². The van der Waals surface area contributed by atoms with E-state index in [2.05, 4.69) is 5.10 Å². The molecule has 0 radical (unpaired) electrons. The van der Waals surface area contributed by atoms with Crippen molar-refractivity contribution in [3.05, 3.63) is 34.9 Å². The Morgan fingerprint density at radius 2 is 2.25 bits per heavy atom. The molecule has 0 bridgehead atoms. The Balaban J connectivity index is 1.83. The number of aromatic nitrogens is 3. The van der Waals surface area contributed by atoms with E-state index in [0.717, 1.165) is 0 Å². The fraction of sp³-hybridized carbons (Fsp3) is 0.500.